The van der Waals surface area contributed by atoms with Crippen molar-refractivity contribution < 1.29 is 4.79 Å². The normalized spacial score (nSPS) is 25.8. The largest absolute Gasteiger partial charge is 0.294 e. The molecule has 2 atom stereocenters. The lowest BCUT2D eigenvalue weighted by molar-refractivity contribution is -0.116. The maximum Gasteiger partial charge on any atom is 0.161 e. The third-order valence-electron chi connectivity index (χ3n) is 4.02. The number of aromatic nitrogens is 1. The fourth-order valence-corrected chi connectivity index (χ4v) is 3.09. The van der Waals surface area contributed by atoms with E-state index in [-0.39, 0.29) is 17.6 Å². The molecule has 0 aromatic carbocycles. The van der Waals surface area contributed by atoms with Gasteiger partial charge in [-0.3, -0.25) is 14.8 Å². The van der Waals surface area contributed by atoms with E-state index in [1.165, 1.54) is 0 Å². The van der Waals surface area contributed by atoms with Gasteiger partial charge in [-0.1, -0.05) is 6.07 Å². The van der Waals surface area contributed by atoms with Gasteiger partial charge in [-0.25, -0.2) is 0 Å². The molecule has 1 aliphatic heterocycles. The number of carbonyl (C=O) groups excluding carboxylic acids is 1. The number of aliphatic imine (C=N–C) groups is 1. The highest BCUT2D eigenvalue weighted by Gasteiger charge is 2.38. The van der Waals surface area contributed by atoms with Crippen LogP contribution in [-0.2, 0) is 4.79 Å². The number of hydrogen-bond donors (Lipinski definition) is 0. The first kappa shape index (κ1) is 12.7. The molecular weight excluding hydrogens is 250 g/mol. The Hall–Kier alpha value is -2.28. The third-order valence-corrected chi connectivity index (χ3v) is 4.02. The predicted octanol–water partition coefficient (Wildman–Crippen LogP) is 2.79. The van der Waals surface area contributed by atoms with Crippen LogP contribution < -0.4 is 0 Å². The molecule has 2 heterocycles. The Bertz CT molecular complexity index is 652. The Morgan fingerprint density at radius 1 is 1.40 bits per heavy atom. The molecule has 1 aromatic rings. The van der Waals surface area contributed by atoms with Crippen molar-refractivity contribution in [1.29, 1.82) is 5.26 Å². The van der Waals surface area contributed by atoms with Crippen molar-refractivity contribution >= 4 is 11.5 Å². The molecule has 100 valence electrons. The fraction of sp³-hybridized carbons (Fsp3) is 0.375. The molecule has 4 heteroatoms. The van der Waals surface area contributed by atoms with Crippen LogP contribution in [0.4, 0.5) is 0 Å². The molecule has 1 aliphatic carbocycles. The predicted molar refractivity (Wildman–Crippen MR) is 75.1 cm³/mol. The zero-order chi connectivity index (χ0) is 14.1. The molecule has 0 radical (unpaired) electrons. The second-order valence-corrected chi connectivity index (χ2v) is 5.26. The van der Waals surface area contributed by atoms with Gasteiger partial charge in [-0.05, 0) is 31.4 Å². The monoisotopic (exact) mass is 265 g/mol. The number of hydrogen-bond acceptors (Lipinski definition) is 4. The number of nitrogens with zero attached hydrogens (tertiary/aromatic N) is 3. The van der Waals surface area contributed by atoms with Crippen LogP contribution in [0, 0.1) is 17.2 Å². The van der Waals surface area contributed by atoms with Gasteiger partial charge in [-0.2, -0.15) is 5.26 Å². The maximum atomic E-state index is 12.3. The molecule has 0 saturated carbocycles. The summed E-state index contributed by atoms with van der Waals surface area (Å²) in [6.45, 7) is 1.88. The molecule has 0 fully saturated rings. The van der Waals surface area contributed by atoms with Gasteiger partial charge in [0.15, 0.2) is 5.78 Å². The molecule has 1 unspecified atom stereocenters. The summed E-state index contributed by atoms with van der Waals surface area (Å²) in [5.41, 5.74) is 3.34. The van der Waals surface area contributed by atoms with Crippen LogP contribution in [0.1, 0.15) is 37.7 Å². The van der Waals surface area contributed by atoms with E-state index < -0.39 is 0 Å². The van der Waals surface area contributed by atoms with Gasteiger partial charge in [0.1, 0.15) is 0 Å². The van der Waals surface area contributed by atoms with E-state index in [1.807, 2.05) is 19.1 Å². The molecule has 4 nitrogen and oxygen atoms in total. The van der Waals surface area contributed by atoms with E-state index in [0.717, 1.165) is 35.4 Å². The lowest BCUT2D eigenvalue weighted by Crippen LogP contribution is -2.30. The minimum absolute atomic E-state index is 0.136. The highest BCUT2D eigenvalue weighted by Crippen LogP contribution is 2.42. The van der Waals surface area contributed by atoms with Crippen molar-refractivity contribution in [2.24, 2.45) is 10.9 Å². The summed E-state index contributed by atoms with van der Waals surface area (Å²) in [5.74, 6) is -0.453. The molecule has 0 saturated heterocycles. The summed E-state index contributed by atoms with van der Waals surface area (Å²) >= 11 is 0. The second kappa shape index (κ2) is 5.01. The minimum Gasteiger partial charge on any atom is -0.294 e. The third kappa shape index (κ3) is 1.96. The highest BCUT2D eigenvalue weighted by molar-refractivity contribution is 6.02. The molecule has 2 aliphatic rings. The number of pyridine rings is 1. The first-order chi connectivity index (χ1) is 9.72. The lowest BCUT2D eigenvalue weighted by Gasteiger charge is -2.32. The Labute approximate surface area is 117 Å². The molecular formula is C16H15N3O. The number of ketones is 1. The van der Waals surface area contributed by atoms with E-state index in [4.69, 9.17) is 0 Å². The van der Waals surface area contributed by atoms with Crippen molar-refractivity contribution in [3.8, 4) is 6.07 Å². The molecule has 3 rings (SSSR count). The Balaban J connectivity index is 2.18. The quantitative estimate of drug-likeness (QED) is 0.784. The number of nitriles is 1. The fourth-order valence-electron chi connectivity index (χ4n) is 3.09. The molecule has 0 spiro atoms. The van der Waals surface area contributed by atoms with Crippen LogP contribution in [-0.4, -0.2) is 16.5 Å². The standard InChI is InChI=1S/C16H15N3O/c1-10-12(8-17)15(11-4-3-7-18-9-11)16-13(19-10)5-2-6-14(16)20/h3-4,7,9,12,15H,2,5-6H2,1H3/t12?,15-/m0/s1. The lowest BCUT2D eigenvalue weighted by atomic mass is 9.73. The number of rotatable bonds is 1. The molecule has 0 bridgehead atoms. The zero-order valence-corrected chi connectivity index (χ0v) is 11.3. The van der Waals surface area contributed by atoms with Crippen LogP contribution in [0.25, 0.3) is 0 Å². The molecule has 1 aromatic heterocycles. The number of allylic oxidation sites excluding steroid dienone is 2. The van der Waals surface area contributed by atoms with E-state index in [9.17, 15) is 10.1 Å². The van der Waals surface area contributed by atoms with Gasteiger partial charge in [-0.15, -0.1) is 0 Å². The van der Waals surface area contributed by atoms with Gasteiger partial charge < -0.3 is 0 Å². The average Bonchev–Trinajstić information content (AvgIpc) is 2.47. The summed E-state index contributed by atoms with van der Waals surface area (Å²) in [6, 6.07) is 6.09. The topological polar surface area (TPSA) is 66.1 Å². The summed E-state index contributed by atoms with van der Waals surface area (Å²) < 4.78 is 0. The second-order valence-electron chi connectivity index (χ2n) is 5.26. The first-order valence-corrected chi connectivity index (χ1v) is 6.83. The van der Waals surface area contributed by atoms with Crippen LogP contribution >= 0.6 is 0 Å². The number of carbonyl (C=O) groups is 1. The summed E-state index contributed by atoms with van der Waals surface area (Å²) in [4.78, 5) is 21.0. The Kier molecular flexibility index (Phi) is 3.19. The van der Waals surface area contributed by atoms with Gasteiger partial charge in [0, 0.05) is 41.7 Å². The smallest absolute Gasteiger partial charge is 0.161 e. The minimum atomic E-state index is -0.375. The average molecular weight is 265 g/mol. The highest BCUT2D eigenvalue weighted by atomic mass is 16.1. The van der Waals surface area contributed by atoms with Crippen molar-refractivity contribution in [3.05, 3.63) is 41.4 Å². The van der Waals surface area contributed by atoms with E-state index in [1.54, 1.807) is 12.4 Å². The van der Waals surface area contributed by atoms with Crippen LogP contribution in [0.2, 0.25) is 0 Å². The Morgan fingerprint density at radius 3 is 2.95 bits per heavy atom. The maximum absolute atomic E-state index is 12.3. The van der Waals surface area contributed by atoms with Crippen molar-refractivity contribution in [2.75, 3.05) is 0 Å². The zero-order valence-electron chi connectivity index (χ0n) is 11.3. The Morgan fingerprint density at radius 2 is 2.25 bits per heavy atom. The van der Waals surface area contributed by atoms with Crippen LogP contribution in [0.3, 0.4) is 0 Å². The summed E-state index contributed by atoms with van der Waals surface area (Å²) in [7, 11) is 0. The number of Topliss-reactive ketones (excluding diaryl/α,β-unsaturated/α-hetero) is 1. The van der Waals surface area contributed by atoms with E-state index >= 15 is 0 Å². The molecule has 20 heavy (non-hydrogen) atoms. The van der Waals surface area contributed by atoms with Gasteiger partial charge in [0.2, 0.25) is 0 Å². The van der Waals surface area contributed by atoms with E-state index in [0.29, 0.717) is 6.42 Å². The van der Waals surface area contributed by atoms with Crippen molar-refractivity contribution in [2.45, 2.75) is 32.1 Å². The van der Waals surface area contributed by atoms with Gasteiger partial charge in [0.05, 0.1) is 12.0 Å². The SMILES string of the molecule is CC1=NC2=C(C(=O)CCC2)[C@@H](c2cccnc2)C1C#N. The van der Waals surface area contributed by atoms with Gasteiger partial charge >= 0.3 is 0 Å². The summed E-state index contributed by atoms with van der Waals surface area (Å²) in [6.07, 6.45) is 5.69. The molecule has 0 amide bonds. The van der Waals surface area contributed by atoms with Crippen molar-refractivity contribution in [1.82, 2.24) is 4.98 Å². The van der Waals surface area contributed by atoms with Crippen LogP contribution in [0.5, 0.6) is 0 Å². The first-order valence-electron chi connectivity index (χ1n) is 6.83. The molecule has 0 N–H and O–H groups in total. The van der Waals surface area contributed by atoms with E-state index in [2.05, 4.69) is 16.0 Å². The van der Waals surface area contributed by atoms with Crippen LogP contribution in [0.15, 0.2) is 40.8 Å². The van der Waals surface area contributed by atoms with Crippen molar-refractivity contribution in [3.63, 3.8) is 0 Å². The van der Waals surface area contributed by atoms with Gasteiger partial charge in [0.25, 0.3) is 0 Å². The summed E-state index contributed by atoms with van der Waals surface area (Å²) in [5, 5.41) is 9.48.